The normalized spacial score (nSPS) is 20.0. The molecule has 7 heteroatoms. The molecular weight excluding hydrogens is 357 g/mol. The summed E-state index contributed by atoms with van der Waals surface area (Å²) >= 11 is 15.6. The number of aryl methyl sites for hydroxylation is 1. The molecule has 1 saturated heterocycles. The van der Waals surface area contributed by atoms with Crippen LogP contribution in [-0.2, 0) is 7.05 Å². The lowest BCUT2D eigenvalue weighted by Crippen LogP contribution is -1.94. The van der Waals surface area contributed by atoms with Gasteiger partial charge in [0.15, 0.2) is 0 Å². The summed E-state index contributed by atoms with van der Waals surface area (Å²) in [5.74, 6) is 0.879. The minimum absolute atomic E-state index is 0.223. The molecule has 1 aromatic carbocycles. The van der Waals surface area contributed by atoms with Gasteiger partial charge in [-0.05, 0) is 17.7 Å². The molecule has 3 rings (SSSR count). The average molecular weight is 368 g/mol. The number of thioether (sulfide) groups is 2. The molecule has 0 amide bonds. The Morgan fingerprint density at radius 2 is 2.27 bits per heavy atom. The zero-order chi connectivity index (χ0) is 15.7. The van der Waals surface area contributed by atoms with E-state index in [4.69, 9.17) is 23.2 Å². The molecule has 0 bridgehead atoms. The Morgan fingerprint density at radius 3 is 2.91 bits per heavy atom. The number of benzene rings is 1. The summed E-state index contributed by atoms with van der Waals surface area (Å²) in [6, 6.07) is 7.88. The Labute approximate surface area is 147 Å². The van der Waals surface area contributed by atoms with Crippen LogP contribution in [0.15, 0.2) is 35.0 Å². The lowest BCUT2D eigenvalue weighted by atomic mass is 10.2. The molecule has 0 aliphatic carbocycles. The van der Waals surface area contributed by atoms with Crippen LogP contribution in [0.2, 0.25) is 10.0 Å². The van der Waals surface area contributed by atoms with Crippen LogP contribution in [0.4, 0.5) is 0 Å². The molecule has 1 atom stereocenters. The number of aromatic nitrogens is 2. The van der Waals surface area contributed by atoms with Crippen molar-refractivity contribution in [3.8, 4) is 6.07 Å². The van der Waals surface area contributed by atoms with E-state index >= 15 is 0 Å². The van der Waals surface area contributed by atoms with Gasteiger partial charge in [0.25, 0.3) is 0 Å². The summed E-state index contributed by atoms with van der Waals surface area (Å²) in [7, 11) is 1.89. The van der Waals surface area contributed by atoms with E-state index in [-0.39, 0.29) is 5.25 Å². The zero-order valence-corrected chi connectivity index (χ0v) is 14.7. The first-order chi connectivity index (χ1) is 10.6. The maximum absolute atomic E-state index is 9.51. The molecule has 1 fully saturated rings. The monoisotopic (exact) mass is 367 g/mol. The van der Waals surface area contributed by atoms with Gasteiger partial charge in [-0.3, -0.25) is 0 Å². The molecule has 1 aliphatic heterocycles. The SMILES string of the molecule is Cn1cncc1/C(C#N)=C1\SCC(c2ccc(Cl)cc2Cl)S1. The predicted octanol–water partition coefficient (Wildman–Crippen LogP) is 5.14. The third-order valence-electron chi connectivity index (χ3n) is 3.31. The van der Waals surface area contributed by atoms with Crippen LogP contribution in [0.25, 0.3) is 5.57 Å². The standard InChI is InChI=1S/C15H11Cl2N3S2/c1-20-8-19-6-13(20)11(5-18)15-21-7-14(22-15)10-3-2-9(16)4-12(10)17/h2-4,6,8,14H,7H2,1H3/b15-11+. The Kier molecular flexibility index (Phi) is 4.74. The van der Waals surface area contributed by atoms with E-state index in [2.05, 4.69) is 11.1 Å². The first-order valence-corrected chi connectivity index (χ1v) is 9.07. The fraction of sp³-hybridized carbons (Fsp3) is 0.200. The number of halogens is 2. The van der Waals surface area contributed by atoms with Gasteiger partial charge in [0.1, 0.15) is 6.07 Å². The highest BCUT2D eigenvalue weighted by Gasteiger charge is 2.28. The number of hydrogen-bond donors (Lipinski definition) is 0. The number of nitrogens with zero attached hydrogens (tertiary/aromatic N) is 3. The fourth-order valence-corrected chi connectivity index (χ4v) is 5.74. The smallest absolute Gasteiger partial charge is 0.103 e. The largest absolute Gasteiger partial charge is 0.333 e. The summed E-state index contributed by atoms with van der Waals surface area (Å²) in [5, 5.41) is 11.0. The van der Waals surface area contributed by atoms with E-state index in [9.17, 15) is 5.26 Å². The van der Waals surface area contributed by atoms with Gasteiger partial charge >= 0.3 is 0 Å². The van der Waals surface area contributed by atoms with Crippen LogP contribution in [-0.4, -0.2) is 15.3 Å². The first kappa shape index (κ1) is 15.8. The van der Waals surface area contributed by atoms with E-state index < -0.39 is 0 Å². The van der Waals surface area contributed by atoms with Crippen molar-refractivity contribution in [3.05, 3.63) is 56.3 Å². The molecule has 1 aromatic heterocycles. The van der Waals surface area contributed by atoms with Gasteiger partial charge in [-0.1, -0.05) is 29.3 Å². The van der Waals surface area contributed by atoms with Gasteiger partial charge in [-0.2, -0.15) is 5.26 Å². The Bertz CT molecular complexity index is 792. The second-order valence-corrected chi connectivity index (χ2v) is 8.09. The van der Waals surface area contributed by atoms with E-state index in [1.165, 1.54) is 0 Å². The second-order valence-electron chi connectivity index (χ2n) is 4.75. The molecular formula is C15H11Cl2N3S2. The fourth-order valence-electron chi connectivity index (χ4n) is 2.20. The molecule has 22 heavy (non-hydrogen) atoms. The van der Waals surface area contributed by atoms with Crippen LogP contribution < -0.4 is 0 Å². The molecule has 0 saturated carbocycles. The van der Waals surface area contributed by atoms with Crippen LogP contribution in [0.5, 0.6) is 0 Å². The molecule has 2 heterocycles. The highest BCUT2D eigenvalue weighted by atomic mass is 35.5. The minimum Gasteiger partial charge on any atom is -0.333 e. The van der Waals surface area contributed by atoms with E-state index in [1.54, 1.807) is 42.1 Å². The van der Waals surface area contributed by atoms with Crippen molar-refractivity contribution in [1.82, 2.24) is 9.55 Å². The van der Waals surface area contributed by atoms with Gasteiger partial charge < -0.3 is 4.57 Å². The maximum atomic E-state index is 9.51. The molecule has 1 unspecified atom stereocenters. The molecule has 3 nitrogen and oxygen atoms in total. The highest BCUT2D eigenvalue weighted by Crippen LogP contribution is 2.53. The van der Waals surface area contributed by atoms with Gasteiger partial charge in [0, 0.05) is 28.1 Å². The summed E-state index contributed by atoms with van der Waals surface area (Å²) < 4.78 is 2.87. The number of hydrogen-bond acceptors (Lipinski definition) is 4. The third kappa shape index (κ3) is 3.02. The van der Waals surface area contributed by atoms with E-state index in [0.717, 1.165) is 21.2 Å². The summed E-state index contributed by atoms with van der Waals surface area (Å²) in [6.45, 7) is 0. The molecule has 0 spiro atoms. The van der Waals surface area contributed by atoms with Crippen LogP contribution in [0, 0.1) is 11.3 Å². The van der Waals surface area contributed by atoms with Gasteiger partial charge in [-0.15, -0.1) is 23.5 Å². The average Bonchev–Trinajstić information content (AvgIpc) is 3.11. The van der Waals surface area contributed by atoms with Crippen molar-refractivity contribution in [2.45, 2.75) is 5.25 Å². The third-order valence-corrected chi connectivity index (χ3v) is 6.82. The van der Waals surface area contributed by atoms with Gasteiger partial charge in [0.05, 0.1) is 28.0 Å². The van der Waals surface area contributed by atoms with Crippen molar-refractivity contribution in [3.63, 3.8) is 0 Å². The molecule has 1 aliphatic rings. The quantitative estimate of drug-likeness (QED) is 0.689. The van der Waals surface area contributed by atoms with Crippen LogP contribution >= 0.6 is 46.7 Å². The summed E-state index contributed by atoms with van der Waals surface area (Å²) in [6.07, 6.45) is 3.42. The molecule has 2 aromatic rings. The number of rotatable bonds is 2. The van der Waals surface area contributed by atoms with E-state index in [0.29, 0.717) is 15.6 Å². The minimum atomic E-state index is 0.223. The Balaban J connectivity index is 1.92. The molecule has 0 radical (unpaired) electrons. The summed E-state index contributed by atoms with van der Waals surface area (Å²) in [5.41, 5.74) is 2.56. The zero-order valence-electron chi connectivity index (χ0n) is 11.6. The topological polar surface area (TPSA) is 41.6 Å². The number of allylic oxidation sites excluding steroid dienone is 1. The van der Waals surface area contributed by atoms with Crippen molar-refractivity contribution >= 4 is 52.3 Å². The second kappa shape index (κ2) is 6.59. The predicted molar refractivity (Wildman–Crippen MR) is 95.0 cm³/mol. The lowest BCUT2D eigenvalue weighted by Gasteiger charge is -2.10. The molecule has 0 N–H and O–H groups in total. The first-order valence-electron chi connectivity index (χ1n) is 6.45. The van der Waals surface area contributed by atoms with Crippen molar-refractivity contribution in [2.24, 2.45) is 7.05 Å². The van der Waals surface area contributed by atoms with Gasteiger partial charge in [-0.25, -0.2) is 4.98 Å². The van der Waals surface area contributed by atoms with Crippen molar-refractivity contribution in [1.29, 1.82) is 5.26 Å². The lowest BCUT2D eigenvalue weighted by molar-refractivity contribution is 0.899. The van der Waals surface area contributed by atoms with Crippen molar-refractivity contribution < 1.29 is 0 Å². The Morgan fingerprint density at radius 1 is 1.45 bits per heavy atom. The molecule has 112 valence electrons. The van der Waals surface area contributed by atoms with Gasteiger partial charge in [0.2, 0.25) is 0 Å². The maximum Gasteiger partial charge on any atom is 0.103 e. The highest BCUT2D eigenvalue weighted by molar-refractivity contribution is 8.25. The number of nitriles is 1. The summed E-state index contributed by atoms with van der Waals surface area (Å²) in [4.78, 5) is 4.09. The Hall–Kier alpha value is -1.06. The van der Waals surface area contributed by atoms with E-state index in [1.807, 2.05) is 23.7 Å². The van der Waals surface area contributed by atoms with Crippen LogP contribution in [0.1, 0.15) is 16.5 Å². The van der Waals surface area contributed by atoms with Crippen LogP contribution in [0.3, 0.4) is 0 Å². The van der Waals surface area contributed by atoms with Crippen molar-refractivity contribution in [2.75, 3.05) is 5.75 Å². The number of imidazole rings is 1.